The van der Waals surface area contributed by atoms with E-state index in [0.29, 0.717) is 16.2 Å². The van der Waals surface area contributed by atoms with Gasteiger partial charge in [-0.25, -0.2) is 0 Å². The molecule has 0 unspecified atom stereocenters. The second kappa shape index (κ2) is 4.31. The second-order valence-electron chi connectivity index (χ2n) is 4.46. The molecule has 0 spiro atoms. The van der Waals surface area contributed by atoms with Crippen LogP contribution >= 0.6 is 0 Å². The fourth-order valence-electron chi connectivity index (χ4n) is 2.21. The van der Waals surface area contributed by atoms with Gasteiger partial charge in [-0.3, -0.25) is 0 Å². The average Bonchev–Trinajstić information content (AvgIpc) is 2.72. The predicted octanol–water partition coefficient (Wildman–Crippen LogP) is 2.79. The van der Waals surface area contributed by atoms with Crippen molar-refractivity contribution < 1.29 is 8.42 Å². The molecule has 0 aromatic heterocycles. The van der Waals surface area contributed by atoms with Crippen molar-refractivity contribution in [2.24, 2.45) is 4.40 Å². The first-order valence-electron chi connectivity index (χ1n) is 6.15. The van der Waals surface area contributed by atoms with Gasteiger partial charge in [0, 0.05) is 11.1 Å². The maximum absolute atomic E-state index is 12.0. The van der Waals surface area contributed by atoms with Crippen LogP contribution in [-0.2, 0) is 16.4 Å². The molecule has 1 aliphatic rings. The first kappa shape index (κ1) is 12.1. The van der Waals surface area contributed by atoms with E-state index >= 15 is 0 Å². The van der Waals surface area contributed by atoms with E-state index in [2.05, 4.69) is 11.3 Å². The summed E-state index contributed by atoms with van der Waals surface area (Å²) in [7, 11) is -3.53. The Kier molecular flexibility index (Phi) is 2.75. The molecule has 4 heteroatoms. The molecular formula is C15H13NO2S. The number of rotatable bonds is 2. The Morgan fingerprint density at radius 2 is 1.68 bits per heavy atom. The SMILES string of the molecule is CCc1ccc(C2=NS(=O)(=O)c3ccccc32)cc1. The number of hydrogen-bond donors (Lipinski definition) is 0. The van der Waals surface area contributed by atoms with Crippen LogP contribution in [-0.4, -0.2) is 14.1 Å². The summed E-state index contributed by atoms with van der Waals surface area (Å²) >= 11 is 0. The molecule has 0 saturated heterocycles. The van der Waals surface area contributed by atoms with Crippen LogP contribution in [0.2, 0.25) is 0 Å². The van der Waals surface area contributed by atoms with Gasteiger partial charge in [-0.15, -0.1) is 0 Å². The first-order chi connectivity index (χ1) is 9.12. The van der Waals surface area contributed by atoms with Crippen molar-refractivity contribution in [2.75, 3.05) is 0 Å². The highest BCUT2D eigenvalue weighted by Crippen LogP contribution is 2.28. The molecule has 0 fully saturated rings. The van der Waals surface area contributed by atoms with Crippen molar-refractivity contribution in [3.63, 3.8) is 0 Å². The van der Waals surface area contributed by atoms with Crippen LogP contribution in [0.3, 0.4) is 0 Å². The van der Waals surface area contributed by atoms with Gasteiger partial charge in [-0.05, 0) is 18.1 Å². The van der Waals surface area contributed by atoms with Gasteiger partial charge in [0.25, 0.3) is 10.0 Å². The highest BCUT2D eigenvalue weighted by Gasteiger charge is 2.28. The first-order valence-corrected chi connectivity index (χ1v) is 7.59. The molecule has 0 amide bonds. The van der Waals surface area contributed by atoms with Crippen molar-refractivity contribution in [1.82, 2.24) is 0 Å². The van der Waals surface area contributed by atoms with E-state index in [4.69, 9.17) is 0 Å². The van der Waals surface area contributed by atoms with Crippen molar-refractivity contribution >= 4 is 15.7 Å². The third-order valence-corrected chi connectivity index (χ3v) is 4.60. The summed E-state index contributed by atoms with van der Waals surface area (Å²) in [4.78, 5) is 0.296. The fraction of sp³-hybridized carbons (Fsp3) is 0.133. The molecule has 0 aliphatic carbocycles. The summed E-state index contributed by atoms with van der Waals surface area (Å²) in [5, 5.41) is 0. The predicted molar refractivity (Wildman–Crippen MR) is 75.1 cm³/mol. The van der Waals surface area contributed by atoms with Crippen LogP contribution < -0.4 is 0 Å². The number of nitrogens with zero attached hydrogens (tertiary/aromatic N) is 1. The Labute approximate surface area is 112 Å². The van der Waals surface area contributed by atoms with E-state index in [1.807, 2.05) is 30.3 Å². The van der Waals surface area contributed by atoms with Crippen molar-refractivity contribution in [2.45, 2.75) is 18.2 Å². The minimum absolute atomic E-state index is 0.296. The van der Waals surface area contributed by atoms with Crippen LogP contribution in [0.5, 0.6) is 0 Å². The Morgan fingerprint density at radius 3 is 2.37 bits per heavy atom. The zero-order chi connectivity index (χ0) is 13.5. The van der Waals surface area contributed by atoms with E-state index in [-0.39, 0.29) is 0 Å². The highest BCUT2D eigenvalue weighted by atomic mass is 32.2. The molecular weight excluding hydrogens is 258 g/mol. The fourth-order valence-corrected chi connectivity index (χ4v) is 3.45. The molecule has 0 bridgehead atoms. The lowest BCUT2D eigenvalue weighted by atomic mass is 10.0. The van der Waals surface area contributed by atoms with Gasteiger partial charge < -0.3 is 0 Å². The smallest absolute Gasteiger partial charge is 0.199 e. The summed E-state index contributed by atoms with van der Waals surface area (Å²) in [6.07, 6.45) is 0.960. The van der Waals surface area contributed by atoms with Gasteiger partial charge in [0.15, 0.2) is 0 Å². The summed E-state index contributed by atoms with van der Waals surface area (Å²) in [6, 6.07) is 14.8. The molecule has 3 rings (SSSR count). The number of aryl methyl sites for hydroxylation is 1. The zero-order valence-electron chi connectivity index (χ0n) is 10.5. The number of benzene rings is 2. The van der Waals surface area contributed by atoms with Gasteiger partial charge in [0.1, 0.15) is 0 Å². The molecule has 1 heterocycles. The summed E-state index contributed by atoms with van der Waals surface area (Å²) in [5.41, 5.74) is 3.29. The standard InChI is InChI=1S/C15H13NO2S/c1-2-11-7-9-12(10-8-11)15-13-5-3-4-6-14(13)19(17,18)16-15/h3-10H,2H2,1H3. The lowest BCUT2D eigenvalue weighted by Crippen LogP contribution is -2.00. The maximum atomic E-state index is 12.0. The van der Waals surface area contributed by atoms with E-state index in [1.54, 1.807) is 18.2 Å². The summed E-state index contributed by atoms with van der Waals surface area (Å²) < 4.78 is 27.8. The molecule has 2 aromatic carbocycles. The molecule has 2 aromatic rings. The van der Waals surface area contributed by atoms with Crippen molar-refractivity contribution in [3.05, 3.63) is 65.2 Å². The lowest BCUT2D eigenvalue weighted by molar-refractivity contribution is 0.599. The third kappa shape index (κ3) is 1.98. The van der Waals surface area contributed by atoms with E-state index < -0.39 is 10.0 Å². The number of hydrogen-bond acceptors (Lipinski definition) is 2. The Bertz CT molecular complexity index is 759. The van der Waals surface area contributed by atoms with Gasteiger partial charge in [0.05, 0.1) is 10.6 Å². The average molecular weight is 271 g/mol. The quantitative estimate of drug-likeness (QED) is 0.843. The minimum atomic E-state index is -3.53. The Hall–Kier alpha value is -1.94. The minimum Gasteiger partial charge on any atom is -0.199 e. The molecule has 0 N–H and O–H groups in total. The highest BCUT2D eigenvalue weighted by molar-refractivity contribution is 7.90. The van der Waals surface area contributed by atoms with Gasteiger partial charge >= 0.3 is 0 Å². The lowest BCUT2D eigenvalue weighted by Gasteiger charge is -2.03. The monoisotopic (exact) mass is 271 g/mol. The zero-order valence-corrected chi connectivity index (χ0v) is 11.3. The van der Waals surface area contributed by atoms with Gasteiger partial charge in [-0.2, -0.15) is 12.8 Å². The molecule has 0 atom stereocenters. The van der Waals surface area contributed by atoms with Crippen LogP contribution in [0, 0.1) is 0 Å². The summed E-state index contributed by atoms with van der Waals surface area (Å²) in [6.45, 7) is 2.09. The normalized spacial score (nSPS) is 15.9. The van der Waals surface area contributed by atoms with E-state index in [9.17, 15) is 8.42 Å². The molecule has 3 nitrogen and oxygen atoms in total. The van der Waals surface area contributed by atoms with Crippen molar-refractivity contribution in [1.29, 1.82) is 0 Å². The van der Waals surface area contributed by atoms with Gasteiger partial charge in [-0.1, -0.05) is 49.4 Å². The van der Waals surface area contributed by atoms with Crippen molar-refractivity contribution in [3.8, 4) is 0 Å². The van der Waals surface area contributed by atoms with Gasteiger partial charge in [0.2, 0.25) is 0 Å². The van der Waals surface area contributed by atoms with Crippen LogP contribution in [0.4, 0.5) is 0 Å². The molecule has 1 aliphatic heterocycles. The molecule has 0 radical (unpaired) electrons. The molecule has 19 heavy (non-hydrogen) atoms. The van der Waals surface area contributed by atoms with Crippen LogP contribution in [0.25, 0.3) is 0 Å². The molecule has 0 saturated carbocycles. The third-order valence-electron chi connectivity index (χ3n) is 3.27. The topological polar surface area (TPSA) is 46.5 Å². The number of fused-ring (bicyclic) bond motifs is 1. The second-order valence-corrected chi connectivity index (χ2v) is 6.03. The summed E-state index contributed by atoms with van der Waals surface area (Å²) in [5.74, 6) is 0. The van der Waals surface area contributed by atoms with Crippen LogP contribution in [0.15, 0.2) is 57.8 Å². The Balaban J connectivity index is 2.16. The van der Waals surface area contributed by atoms with Crippen LogP contribution in [0.1, 0.15) is 23.6 Å². The number of sulfonamides is 1. The molecule has 96 valence electrons. The Morgan fingerprint density at radius 1 is 1.00 bits per heavy atom. The largest absolute Gasteiger partial charge is 0.283 e. The van der Waals surface area contributed by atoms with E-state index in [1.165, 1.54) is 5.56 Å². The maximum Gasteiger partial charge on any atom is 0.283 e. The van der Waals surface area contributed by atoms with E-state index in [0.717, 1.165) is 12.0 Å².